The standard InChI is InChI=1S/C28H19BrClN3O5S/c1-16-6-2-3-7-18(16)15-39(36,37)28-31-14-21(30)24(33-28)27(35)32-23-20-8-4-5-9-22(20)38-26(23)25(34)17-10-12-19(29)13-11-17/h2-14H,15H2,1H3,(H,32,35). The van der Waals surface area contributed by atoms with Gasteiger partial charge in [0.05, 0.1) is 22.7 Å². The summed E-state index contributed by atoms with van der Waals surface area (Å²) in [7, 11) is -4.00. The molecule has 8 nitrogen and oxygen atoms in total. The Kier molecular flexibility index (Phi) is 7.35. The average Bonchev–Trinajstić information content (AvgIpc) is 3.28. The van der Waals surface area contributed by atoms with Crippen LogP contribution in [0.5, 0.6) is 0 Å². The first-order chi connectivity index (χ1) is 18.6. The van der Waals surface area contributed by atoms with E-state index in [0.29, 0.717) is 22.1 Å². The molecule has 0 aliphatic heterocycles. The highest BCUT2D eigenvalue weighted by Gasteiger charge is 2.27. The van der Waals surface area contributed by atoms with Gasteiger partial charge in [0.1, 0.15) is 5.58 Å². The van der Waals surface area contributed by atoms with Crippen LogP contribution in [-0.4, -0.2) is 30.1 Å². The molecule has 2 aromatic heterocycles. The number of sulfone groups is 1. The Hall–Kier alpha value is -3.86. The van der Waals surface area contributed by atoms with E-state index in [1.807, 2.05) is 6.07 Å². The number of nitrogens with zero attached hydrogens (tertiary/aromatic N) is 2. The summed E-state index contributed by atoms with van der Waals surface area (Å²) >= 11 is 9.56. The molecule has 0 saturated heterocycles. The lowest BCUT2D eigenvalue weighted by atomic mass is 10.1. The maximum absolute atomic E-state index is 13.4. The molecule has 0 spiro atoms. The Bertz CT molecular complexity index is 1850. The number of halogens is 2. The Morgan fingerprint density at radius 2 is 1.69 bits per heavy atom. The van der Waals surface area contributed by atoms with Crippen molar-refractivity contribution in [3.05, 3.63) is 117 Å². The van der Waals surface area contributed by atoms with Gasteiger partial charge in [0.15, 0.2) is 11.5 Å². The highest BCUT2D eigenvalue weighted by molar-refractivity contribution is 9.10. The lowest BCUT2D eigenvalue weighted by molar-refractivity contribution is 0.101. The second-order valence-corrected chi connectivity index (χ2v) is 11.8. The van der Waals surface area contributed by atoms with Crippen LogP contribution in [0.25, 0.3) is 11.0 Å². The molecule has 196 valence electrons. The molecule has 5 rings (SSSR count). The zero-order valence-corrected chi connectivity index (χ0v) is 23.5. The lowest BCUT2D eigenvalue weighted by Gasteiger charge is -2.10. The van der Waals surface area contributed by atoms with Gasteiger partial charge in [-0.3, -0.25) is 9.59 Å². The van der Waals surface area contributed by atoms with E-state index in [2.05, 4.69) is 31.2 Å². The molecule has 1 N–H and O–H groups in total. The van der Waals surface area contributed by atoms with Crippen LogP contribution in [-0.2, 0) is 15.6 Å². The first-order valence-electron chi connectivity index (χ1n) is 11.6. The smallest absolute Gasteiger partial charge is 0.276 e. The predicted molar refractivity (Wildman–Crippen MR) is 151 cm³/mol. The van der Waals surface area contributed by atoms with Crippen molar-refractivity contribution in [2.45, 2.75) is 17.8 Å². The first kappa shape index (κ1) is 26.7. The van der Waals surface area contributed by atoms with Crippen LogP contribution >= 0.6 is 27.5 Å². The van der Waals surface area contributed by atoms with Crippen molar-refractivity contribution in [2.75, 3.05) is 5.32 Å². The Balaban J connectivity index is 1.51. The topological polar surface area (TPSA) is 119 Å². The maximum Gasteiger partial charge on any atom is 0.276 e. The number of amides is 1. The molecule has 0 atom stereocenters. The zero-order valence-electron chi connectivity index (χ0n) is 20.3. The van der Waals surface area contributed by atoms with Crippen molar-refractivity contribution >= 4 is 65.7 Å². The zero-order chi connectivity index (χ0) is 27.7. The number of para-hydroxylation sites is 1. The highest BCUT2D eigenvalue weighted by Crippen LogP contribution is 2.33. The number of carbonyl (C=O) groups is 2. The number of aryl methyl sites for hydroxylation is 1. The van der Waals surface area contributed by atoms with E-state index in [9.17, 15) is 18.0 Å². The van der Waals surface area contributed by atoms with Crippen molar-refractivity contribution in [1.82, 2.24) is 9.97 Å². The van der Waals surface area contributed by atoms with Gasteiger partial charge in [0.25, 0.3) is 5.91 Å². The Morgan fingerprint density at radius 3 is 2.44 bits per heavy atom. The van der Waals surface area contributed by atoms with Crippen molar-refractivity contribution < 1.29 is 22.4 Å². The molecule has 5 aromatic rings. The van der Waals surface area contributed by atoms with Crippen LogP contribution in [0.1, 0.15) is 37.7 Å². The summed E-state index contributed by atoms with van der Waals surface area (Å²) < 4.78 is 32.8. The number of ketones is 1. The van der Waals surface area contributed by atoms with E-state index >= 15 is 0 Å². The summed E-state index contributed by atoms with van der Waals surface area (Å²) in [6.45, 7) is 1.80. The van der Waals surface area contributed by atoms with Crippen LogP contribution in [0.15, 0.2) is 93.0 Å². The van der Waals surface area contributed by atoms with Gasteiger partial charge in [-0.15, -0.1) is 0 Å². The summed E-state index contributed by atoms with van der Waals surface area (Å²) in [6, 6.07) is 20.5. The van der Waals surface area contributed by atoms with Gasteiger partial charge >= 0.3 is 0 Å². The predicted octanol–water partition coefficient (Wildman–Crippen LogP) is 6.40. The molecule has 1 amide bonds. The fourth-order valence-electron chi connectivity index (χ4n) is 3.94. The second-order valence-electron chi connectivity index (χ2n) is 8.63. The molecule has 0 bridgehead atoms. The average molecular weight is 625 g/mol. The number of anilines is 1. The van der Waals surface area contributed by atoms with Crippen molar-refractivity contribution in [3.8, 4) is 0 Å². The van der Waals surface area contributed by atoms with Crippen LogP contribution in [0.3, 0.4) is 0 Å². The third kappa shape index (κ3) is 5.49. The SMILES string of the molecule is Cc1ccccc1CS(=O)(=O)c1ncc(Cl)c(C(=O)Nc2c(C(=O)c3ccc(Br)cc3)oc3ccccc23)n1. The minimum Gasteiger partial charge on any atom is -0.450 e. The molecular weight excluding hydrogens is 606 g/mol. The second kappa shape index (κ2) is 10.7. The van der Waals surface area contributed by atoms with Gasteiger partial charge in [-0.1, -0.05) is 63.9 Å². The monoisotopic (exact) mass is 623 g/mol. The van der Waals surface area contributed by atoms with E-state index < -0.39 is 26.7 Å². The van der Waals surface area contributed by atoms with Crippen LogP contribution in [0, 0.1) is 6.92 Å². The van der Waals surface area contributed by atoms with Gasteiger partial charge in [-0.25, -0.2) is 18.4 Å². The van der Waals surface area contributed by atoms with Crippen molar-refractivity contribution in [3.63, 3.8) is 0 Å². The van der Waals surface area contributed by atoms with E-state index in [0.717, 1.165) is 16.2 Å². The number of aromatic nitrogens is 2. The summed E-state index contributed by atoms with van der Waals surface area (Å²) in [5, 5.41) is 2.44. The van der Waals surface area contributed by atoms with Gasteiger partial charge in [0, 0.05) is 15.4 Å². The fraction of sp³-hybridized carbons (Fsp3) is 0.0714. The minimum absolute atomic E-state index is 0.0931. The van der Waals surface area contributed by atoms with E-state index in [1.54, 1.807) is 73.7 Å². The number of furan rings is 1. The molecule has 0 aliphatic rings. The van der Waals surface area contributed by atoms with Crippen LogP contribution in [0.2, 0.25) is 5.02 Å². The molecule has 2 heterocycles. The maximum atomic E-state index is 13.4. The Morgan fingerprint density at radius 1 is 1.00 bits per heavy atom. The molecule has 0 radical (unpaired) electrons. The molecule has 0 saturated carbocycles. The number of nitrogens with one attached hydrogen (secondary N) is 1. The van der Waals surface area contributed by atoms with Gasteiger partial charge < -0.3 is 9.73 Å². The largest absolute Gasteiger partial charge is 0.450 e. The number of carbonyl (C=O) groups excluding carboxylic acids is 2. The number of fused-ring (bicyclic) bond motifs is 1. The third-order valence-electron chi connectivity index (χ3n) is 5.97. The first-order valence-corrected chi connectivity index (χ1v) is 14.4. The van der Waals surface area contributed by atoms with Crippen molar-refractivity contribution in [2.24, 2.45) is 0 Å². The molecule has 0 aliphatic carbocycles. The Labute approximate surface area is 237 Å². The number of hydrogen-bond donors (Lipinski definition) is 1. The van der Waals surface area contributed by atoms with Crippen LogP contribution < -0.4 is 5.32 Å². The number of rotatable bonds is 7. The molecule has 0 unspecified atom stereocenters. The third-order valence-corrected chi connectivity index (χ3v) is 8.22. The van der Waals surface area contributed by atoms with Gasteiger partial charge in [-0.2, -0.15) is 0 Å². The summed E-state index contributed by atoms with van der Waals surface area (Å²) in [5.74, 6) is -1.72. The molecule has 11 heteroatoms. The quantitative estimate of drug-likeness (QED) is 0.164. The molecule has 39 heavy (non-hydrogen) atoms. The summed E-state index contributed by atoms with van der Waals surface area (Å²) in [6.07, 6.45) is 1.07. The molecule has 0 fully saturated rings. The molecule has 3 aromatic carbocycles. The van der Waals surface area contributed by atoms with Gasteiger partial charge in [0.2, 0.25) is 20.8 Å². The lowest BCUT2D eigenvalue weighted by Crippen LogP contribution is -2.19. The van der Waals surface area contributed by atoms with Crippen LogP contribution in [0.4, 0.5) is 5.69 Å². The summed E-state index contributed by atoms with van der Waals surface area (Å²) in [4.78, 5) is 34.6. The fourth-order valence-corrected chi connectivity index (χ4v) is 5.68. The number of hydrogen-bond acceptors (Lipinski definition) is 7. The van der Waals surface area contributed by atoms with E-state index in [-0.39, 0.29) is 27.9 Å². The van der Waals surface area contributed by atoms with E-state index in [1.165, 1.54) is 0 Å². The molecular formula is C28H19BrClN3O5S. The summed E-state index contributed by atoms with van der Waals surface area (Å²) in [5.41, 5.74) is 1.86. The highest BCUT2D eigenvalue weighted by atomic mass is 79.9. The van der Waals surface area contributed by atoms with Gasteiger partial charge in [-0.05, 0) is 54.4 Å². The van der Waals surface area contributed by atoms with Crippen molar-refractivity contribution in [1.29, 1.82) is 0 Å². The minimum atomic E-state index is -4.00. The normalized spacial score (nSPS) is 11.5. The number of benzene rings is 3. The van der Waals surface area contributed by atoms with E-state index in [4.69, 9.17) is 16.0 Å².